The molecule has 1 N–H and O–H groups in total. The molecule has 3 rings (SSSR count). The first-order valence-electron chi connectivity index (χ1n) is 6.79. The SMILES string of the molecule is O=C(Nc1cccc2c(S(=O)(=O)Cl)cccc12)c1ccccc1. The average Bonchev–Trinajstić information content (AvgIpc) is 2.54. The van der Waals surface area contributed by atoms with E-state index in [1.807, 2.05) is 6.07 Å². The van der Waals surface area contributed by atoms with Crippen molar-refractivity contribution in [2.24, 2.45) is 0 Å². The van der Waals surface area contributed by atoms with E-state index in [4.69, 9.17) is 10.7 Å². The summed E-state index contributed by atoms with van der Waals surface area (Å²) < 4.78 is 23.4. The van der Waals surface area contributed by atoms with Crippen LogP contribution >= 0.6 is 10.7 Å². The van der Waals surface area contributed by atoms with Gasteiger partial charge in [0.15, 0.2) is 0 Å². The minimum Gasteiger partial charge on any atom is -0.321 e. The Morgan fingerprint density at radius 3 is 2.17 bits per heavy atom. The third-order valence-electron chi connectivity index (χ3n) is 3.43. The van der Waals surface area contributed by atoms with E-state index in [1.54, 1.807) is 54.6 Å². The Morgan fingerprint density at radius 2 is 1.48 bits per heavy atom. The Balaban J connectivity index is 2.08. The summed E-state index contributed by atoms with van der Waals surface area (Å²) in [7, 11) is 1.61. The molecule has 0 radical (unpaired) electrons. The van der Waals surface area contributed by atoms with Gasteiger partial charge >= 0.3 is 0 Å². The molecule has 0 aliphatic rings. The van der Waals surface area contributed by atoms with Crippen LogP contribution in [0.3, 0.4) is 0 Å². The first kappa shape index (κ1) is 15.5. The molecule has 4 nitrogen and oxygen atoms in total. The van der Waals surface area contributed by atoms with Gasteiger partial charge in [-0.25, -0.2) is 8.42 Å². The maximum Gasteiger partial charge on any atom is 0.261 e. The normalized spacial score (nSPS) is 11.3. The van der Waals surface area contributed by atoms with E-state index in [0.717, 1.165) is 0 Å². The summed E-state index contributed by atoms with van der Waals surface area (Å²) in [5, 5.41) is 3.88. The monoisotopic (exact) mass is 345 g/mol. The van der Waals surface area contributed by atoms with E-state index in [9.17, 15) is 13.2 Å². The van der Waals surface area contributed by atoms with Crippen molar-refractivity contribution in [3.63, 3.8) is 0 Å². The predicted molar refractivity (Wildman–Crippen MR) is 91.4 cm³/mol. The molecule has 0 fully saturated rings. The van der Waals surface area contributed by atoms with E-state index in [1.165, 1.54) is 6.07 Å². The van der Waals surface area contributed by atoms with Crippen LogP contribution in [0.15, 0.2) is 71.6 Å². The van der Waals surface area contributed by atoms with Gasteiger partial charge in [-0.2, -0.15) is 0 Å². The molecule has 1 amide bonds. The van der Waals surface area contributed by atoms with Gasteiger partial charge in [0, 0.05) is 32.7 Å². The van der Waals surface area contributed by atoms with Crippen LogP contribution in [0.2, 0.25) is 0 Å². The minimum atomic E-state index is -3.87. The summed E-state index contributed by atoms with van der Waals surface area (Å²) >= 11 is 0. The van der Waals surface area contributed by atoms with Crippen molar-refractivity contribution >= 4 is 42.1 Å². The molecule has 0 aromatic heterocycles. The highest BCUT2D eigenvalue weighted by Crippen LogP contribution is 2.30. The Morgan fingerprint density at radius 1 is 0.826 bits per heavy atom. The van der Waals surface area contributed by atoms with E-state index in [-0.39, 0.29) is 10.8 Å². The van der Waals surface area contributed by atoms with Crippen LogP contribution in [0, 0.1) is 0 Å². The van der Waals surface area contributed by atoms with Crippen LogP contribution in [0.4, 0.5) is 5.69 Å². The van der Waals surface area contributed by atoms with Crippen molar-refractivity contribution in [1.82, 2.24) is 0 Å². The summed E-state index contributed by atoms with van der Waals surface area (Å²) in [5.41, 5.74) is 1.05. The summed E-state index contributed by atoms with van der Waals surface area (Å²) in [6.07, 6.45) is 0. The van der Waals surface area contributed by atoms with E-state index < -0.39 is 9.05 Å². The van der Waals surface area contributed by atoms with Gasteiger partial charge in [0.2, 0.25) is 0 Å². The largest absolute Gasteiger partial charge is 0.321 e. The smallest absolute Gasteiger partial charge is 0.261 e. The van der Waals surface area contributed by atoms with E-state index in [0.29, 0.717) is 22.0 Å². The molecule has 0 bridgehead atoms. The van der Waals surface area contributed by atoms with Crippen LogP contribution in [-0.4, -0.2) is 14.3 Å². The third-order valence-corrected chi connectivity index (χ3v) is 4.81. The zero-order chi connectivity index (χ0) is 16.4. The summed E-state index contributed by atoms with van der Waals surface area (Å²) in [5.74, 6) is -0.266. The van der Waals surface area contributed by atoms with Crippen molar-refractivity contribution in [2.45, 2.75) is 4.90 Å². The van der Waals surface area contributed by atoms with Gasteiger partial charge < -0.3 is 5.32 Å². The second-order valence-electron chi connectivity index (χ2n) is 4.91. The Labute approximate surface area is 138 Å². The van der Waals surface area contributed by atoms with Crippen molar-refractivity contribution in [3.8, 4) is 0 Å². The van der Waals surface area contributed by atoms with E-state index >= 15 is 0 Å². The highest BCUT2D eigenvalue weighted by molar-refractivity contribution is 8.14. The van der Waals surface area contributed by atoms with Crippen LogP contribution in [0.5, 0.6) is 0 Å². The van der Waals surface area contributed by atoms with Gasteiger partial charge in [-0.05, 0) is 24.3 Å². The molecule has 3 aromatic carbocycles. The second kappa shape index (κ2) is 6.02. The number of fused-ring (bicyclic) bond motifs is 1. The van der Waals surface area contributed by atoms with Crippen LogP contribution < -0.4 is 5.32 Å². The fraction of sp³-hybridized carbons (Fsp3) is 0. The lowest BCUT2D eigenvalue weighted by molar-refractivity contribution is 0.102. The number of amides is 1. The number of hydrogen-bond acceptors (Lipinski definition) is 3. The molecule has 0 saturated heterocycles. The number of carbonyl (C=O) groups excluding carboxylic acids is 1. The zero-order valence-electron chi connectivity index (χ0n) is 11.9. The van der Waals surface area contributed by atoms with Crippen molar-refractivity contribution in [1.29, 1.82) is 0 Å². The molecule has 0 aliphatic carbocycles. The quantitative estimate of drug-likeness (QED) is 0.729. The van der Waals surface area contributed by atoms with Crippen molar-refractivity contribution in [2.75, 3.05) is 5.32 Å². The van der Waals surface area contributed by atoms with Gasteiger partial charge in [0.25, 0.3) is 15.0 Å². The van der Waals surface area contributed by atoms with Gasteiger partial charge in [-0.1, -0.05) is 42.5 Å². The Bertz CT molecular complexity index is 985. The van der Waals surface area contributed by atoms with Crippen molar-refractivity contribution < 1.29 is 13.2 Å². The van der Waals surface area contributed by atoms with Gasteiger partial charge in [0.05, 0.1) is 4.90 Å². The van der Waals surface area contributed by atoms with Crippen molar-refractivity contribution in [3.05, 3.63) is 72.3 Å². The van der Waals surface area contributed by atoms with Crippen LogP contribution in [0.1, 0.15) is 10.4 Å². The fourth-order valence-corrected chi connectivity index (χ4v) is 3.47. The Hall–Kier alpha value is -2.37. The van der Waals surface area contributed by atoms with Gasteiger partial charge in [-0.15, -0.1) is 0 Å². The first-order valence-corrected chi connectivity index (χ1v) is 9.10. The lowest BCUT2D eigenvalue weighted by Crippen LogP contribution is -2.12. The highest BCUT2D eigenvalue weighted by Gasteiger charge is 2.16. The standard InChI is InChI=1S/C17H12ClNO3S/c18-23(21,22)16-11-5-8-13-14(16)9-4-10-15(13)19-17(20)12-6-2-1-3-7-12/h1-11H,(H,19,20). The molecule has 0 atom stereocenters. The number of halogens is 1. The average molecular weight is 346 g/mol. The lowest BCUT2D eigenvalue weighted by Gasteiger charge is -2.10. The Kier molecular flexibility index (Phi) is 4.07. The summed E-state index contributed by atoms with van der Waals surface area (Å²) in [6.45, 7) is 0. The number of nitrogens with one attached hydrogen (secondary N) is 1. The molecule has 0 saturated carbocycles. The number of rotatable bonds is 3. The van der Waals surface area contributed by atoms with Crippen LogP contribution in [-0.2, 0) is 9.05 Å². The maximum atomic E-state index is 12.3. The maximum absolute atomic E-state index is 12.3. The number of anilines is 1. The second-order valence-corrected chi connectivity index (χ2v) is 7.45. The topological polar surface area (TPSA) is 63.2 Å². The minimum absolute atomic E-state index is 0.0208. The summed E-state index contributed by atoms with van der Waals surface area (Å²) in [6, 6.07) is 18.6. The molecule has 0 unspecified atom stereocenters. The van der Waals surface area contributed by atoms with Crippen LogP contribution in [0.25, 0.3) is 10.8 Å². The zero-order valence-corrected chi connectivity index (χ0v) is 13.4. The molecular formula is C17H12ClNO3S. The molecule has 0 aliphatic heterocycles. The molecule has 6 heteroatoms. The molecule has 23 heavy (non-hydrogen) atoms. The van der Waals surface area contributed by atoms with Gasteiger partial charge in [-0.3, -0.25) is 4.79 Å². The number of benzene rings is 3. The van der Waals surface area contributed by atoms with E-state index in [2.05, 4.69) is 5.32 Å². The number of carbonyl (C=O) groups is 1. The molecule has 0 heterocycles. The fourth-order valence-electron chi connectivity index (χ4n) is 2.39. The highest BCUT2D eigenvalue weighted by atomic mass is 35.7. The molecule has 116 valence electrons. The lowest BCUT2D eigenvalue weighted by atomic mass is 10.1. The van der Waals surface area contributed by atoms with Gasteiger partial charge in [0.1, 0.15) is 0 Å². The number of hydrogen-bond donors (Lipinski definition) is 1. The predicted octanol–water partition coefficient (Wildman–Crippen LogP) is 4.02. The summed E-state index contributed by atoms with van der Waals surface area (Å²) in [4.78, 5) is 12.3. The molecule has 3 aromatic rings. The molecular weight excluding hydrogens is 334 g/mol. The molecule has 0 spiro atoms. The first-order chi connectivity index (χ1) is 11.0. The third kappa shape index (κ3) is 3.21.